The van der Waals surface area contributed by atoms with Gasteiger partial charge in [0.25, 0.3) is 0 Å². The van der Waals surface area contributed by atoms with E-state index in [1.807, 2.05) is 14.0 Å². The Kier molecular flexibility index (Phi) is 3.24. The van der Waals surface area contributed by atoms with Crippen molar-refractivity contribution in [1.29, 1.82) is 0 Å². The molecule has 16 heavy (non-hydrogen) atoms. The largest absolute Gasteiger partial charge is 0.378 e. The van der Waals surface area contributed by atoms with Gasteiger partial charge in [-0.05, 0) is 13.3 Å². The van der Waals surface area contributed by atoms with Crippen LogP contribution in [0.4, 0.5) is 0 Å². The maximum absolute atomic E-state index is 12.0. The average molecular weight is 223 g/mol. The number of carbonyl (C=O) groups excluding carboxylic acids is 1. The number of ether oxygens (including phenoxy) is 1. The molecule has 2 heterocycles. The monoisotopic (exact) mass is 223 g/mol. The van der Waals surface area contributed by atoms with Gasteiger partial charge in [-0.1, -0.05) is 0 Å². The summed E-state index contributed by atoms with van der Waals surface area (Å²) >= 11 is 0. The van der Waals surface area contributed by atoms with Crippen molar-refractivity contribution in [3.05, 3.63) is 18.0 Å². The number of carbonyl (C=O) groups is 1. The van der Waals surface area contributed by atoms with Crippen LogP contribution in [-0.2, 0) is 16.1 Å². The van der Waals surface area contributed by atoms with Crippen LogP contribution in [0.5, 0.6) is 0 Å². The Labute approximate surface area is 94.8 Å². The summed E-state index contributed by atoms with van der Waals surface area (Å²) in [6.45, 7) is 3.15. The molecule has 2 rings (SSSR count). The standard InChI is InChI=1S/C11H17N3O2/c1-8-3-10(7-16-8)11(15)14(2)6-9-4-12-13-5-9/h4-5,8,10H,3,6-7H2,1-2H3,(H,12,13). The molecule has 1 aromatic heterocycles. The lowest BCUT2D eigenvalue weighted by Crippen LogP contribution is -2.32. The van der Waals surface area contributed by atoms with E-state index in [1.165, 1.54) is 0 Å². The molecule has 1 N–H and O–H groups in total. The molecule has 1 aromatic rings. The van der Waals surface area contributed by atoms with Gasteiger partial charge in [-0.3, -0.25) is 9.89 Å². The molecule has 0 spiro atoms. The van der Waals surface area contributed by atoms with Crippen molar-refractivity contribution in [2.24, 2.45) is 5.92 Å². The number of aromatic amines is 1. The fourth-order valence-electron chi connectivity index (χ4n) is 2.02. The first-order chi connectivity index (χ1) is 7.66. The van der Waals surface area contributed by atoms with Crippen molar-refractivity contribution >= 4 is 5.91 Å². The first kappa shape index (κ1) is 11.1. The molecule has 5 nitrogen and oxygen atoms in total. The lowest BCUT2D eigenvalue weighted by molar-refractivity contribution is -0.134. The van der Waals surface area contributed by atoms with Crippen LogP contribution in [0.15, 0.2) is 12.4 Å². The second kappa shape index (κ2) is 4.65. The molecule has 1 fully saturated rings. The number of amides is 1. The Morgan fingerprint density at radius 3 is 3.12 bits per heavy atom. The number of H-pyrrole nitrogens is 1. The summed E-state index contributed by atoms with van der Waals surface area (Å²) in [6.07, 6.45) is 4.57. The van der Waals surface area contributed by atoms with Gasteiger partial charge in [0.2, 0.25) is 5.91 Å². The zero-order chi connectivity index (χ0) is 11.5. The van der Waals surface area contributed by atoms with Crippen molar-refractivity contribution < 1.29 is 9.53 Å². The summed E-state index contributed by atoms with van der Waals surface area (Å²) in [7, 11) is 1.82. The third-order valence-electron chi connectivity index (χ3n) is 2.90. The van der Waals surface area contributed by atoms with Crippen molar-refractivity contribution in [2.45, 2.75) is 26.0 Å². The highest BCUT2D eigenvalue weighted by Gasteiger charge is 2.30. The zero-order valence-electron chi connectivity index (χ0n) is 9.64. The molecule has 0 bridgehead atoms. The fourth-order valence-corrected chi connectivity index (χ4v) is 2.02. The predicted molar refractivity (Wildman–Crippen MR) is 58.6 cm³/mol. The van der Waals surface area contributed by atoms with Gasteiger partial charge in [-0.15, -0.1) is 0 Å². The van der Waals surface area contributed by atoms with E-state index in [0.717, 1.165) is 12.0 Å². The Balaban J connectivity index is 1.89. The Morgan fingerprint density at radius 1 is 1.75 bits per heavy atom. The number of aromatic nitrogens is 2. The molecule has 1 amide bonds. The molecule has 0 aliphatic carbocycles. The van der Waals surface area contributed by atoms with Crippen molar-refractivity contribution in [2.75, 3.05) is 13.7 Å². The summed E-state index contributed by atoms with van der Waals surface area (Å²) in [5.41, 5.74) is 1.02. The maximum Gasteiger partial charge on any atom is 0.228 e. The number of hydrogen-bond acceptors (Lipinski definition) is 3. The quantitative estimate of drug-likeness (QED) is 0.824. The normalized spacial score (nSPS) is 24.6. The van der Waals surface area contributed by atoms with Gasteiger partial charge in [0.1, 0.15) is 0 Å². The third-order valence-corrected chi connectivity index (χ3v) is 2.90. The fraction of sp³-hybridized carbons (Fsp3) is 0.636. The Bertz CT molecular complexity index is 350. The van der Waals surface area contributed by atoms with Gasteiger partial charge < -0.3 is 9.64 Å². The number of rotatable bonds is 3. The maximum atomic E-state index is 12.0. The zero-order valence-corrected chi connectivity index (χ0v) is 9.64. The molecule has 5 heteroatoms. The van der Waals surface area contributed by atoms with Crippen LogP contribution in [0.25, 0.3) is 0 Å². The minimum Gasteiger partial charge on any atom is -0.378 e. The molecule has 2 atom stereocenters. The average Bonchev–Trinajstić information content (AvgIpc) is 2.88. The van der Waals surface area contributed by atoms with Crippen LogP contribution >= 0.6 is 0 Å². The van der Waals surface area contributed by atoms with Crippen LogP contribution in [0.1, 0.15) is 18.9 Å². The van der Waals surface area contributed by atoms with Crippen LogP contribution in [0.2, 0.25) is 0 Å². The van der Waals surface area contributed by atoms with E-state index in [9.17, 15) is 4.79 Å². The minimum atomic E-state index is 0.0203. The van der Waals surface area contributed by atoms with Crippen molar-refractivity contribution in [3.8, 4) is 0 Å². The molecule has 2 unspecified atom stereocenters. The Hall–Kier alpha value is -1.36. The second-order valence-corrected chi connectivity index (χ2v) is 4.38. The van der Waals surface area contributed by atoms with E-state index in [4.69, 9.17) is 4.74 Å². The predicted octanol–water partition coefficient (Wildman–Crippen LogP) is 0.793. The first-order valence-electron chi connectivity index (χ1n) is 5.51. The number of nitrogens with one attached hydrogen (secondary N) is 1. The topological polar surface area (TPSA) is 58.2 Å². The van der Waals surface area contributed by atoms with E-state index in [0.29, 0.717) is 13.2 Å². The van der Waals surface area contributed by atoms with Crippen LogP contribution in [0.3, 0.4) is 0 Å². The molecule has 1 aliphatic rings. The van der Waals surface area contributed by atoms with E-state index >= 15 is 0 Å². The van der Waals surface area contributed by atoms with E-state index in [1.54, 1.807) is 17.3 Å². The van der Waals surface area contributed by atoms with Gasteiger partial charge in [-0.25, -0.2) is 0 Å². The Morgan fingerprint density at radius 2 is 2.56 bits per heavy atom. The highest BCUT2D eigenvalue weighted by molar-refractivity contribution is 5.79. The molecule has 0 aromatic carbocycles. The van der Waals surface area contributed by atoms with Gasteiger partial charge >= 0.3 is 0 Å². The molecular weight excluding hydrogens is 206 g/mol. The van der Waals surface area contributed by atoms with Gasteiger partial charge in [-0.2, -0.15) is 5.10 Å². The summed E-state index contributed by atoms with van der Waals surface area (Å²) in [6, 6.07) is 0. The van der Waals surface area contributed by atoms with Gasteiger partial charge in [0.15, 0.2) is 0 Å². The lowest BCUT2D eigenvalue weighted by Gasteiger charge is -2.19. The molecule has 1 saturated heterocycles. The summed E-state index contributed by atoms with van der Waals surface area (Å²) < 4.78 is 5.41. The van der Waals surface area contributed by atoms with Crippen LogP contribution in [-0.4, -0.2) is 40.8 Å². The van der Waals surface area contributed by atoms with Crippen molar-refractivity contribution in [1.82, 2.24) is 15.1 Å². The lowest BCUT2D eigenvalue weighted by atomic mass is 10.0. The highest BCUT2D eigenvalue weighted by Crippen LogP contribution is 2.21. The van der Waals surface area contributed by atoms with E-state index < -0.39 is 0 Å². The molecular formula is C11H17N3O2. The molecule has 1 aliphatic heterocycles. The summed E-state index contributed by atoms with van der Waals surface area (Å²) in [5.74, 6) is 0.178. The van der Waals surface area contributed by atoms with E-state index in [2.05, 4.69) is 10.2 Å². The summed E-state index contributed by atoms with van der Waals surface area (Å²) in [4.78, 5) is 13.8. The van der Waals surface area contributed by atoms with Crippen LogP contribution in [0, 0.1) is 5.92 Å². The minimum absolute atomic E-state index is 0.0203. The molecule has 0 radical (unpaired) electrons. The molecule has 0 saturated carbocycles. The molecule has 88 valence electrons. The first-order valence-corrected chi connectivity index (χ1v) is 5.51. The van der Waals surface area contributed by atoms with Crippen molar-refractivity contribution in [3.63, 3.8) is 0 Å². The SMILES string of the molecule is CC1CC(C(=O)N(C)Cc2cn[nH]c2)CO1. The van der Waals surface area contributed by atoms with Gasteiger partial charge in [0, 0.05) is 25.4 Å². The summed E-state index contributed by atoms with van der Waals surface area (Å²) in [5, 5.41) is 6.59. The number of hydrogen-bond donors (Lipinski definition) is 1. The van der Waals surface area contributed by atoms with Gasteiger partial charge in [0.05, 0.1) is 24.8 Å². The van der Waals surface area contributed by atoms with E-state index in [-0.39, 0.29) is 17.9 Å². The highest BCUT2D eigenvalue weighted by atomic mass is 16.5. The third kappa shape index (κ3) is 2.41. The number of nitrogens with zero attached hydrogens (tertiary/aromatic N) is 2. The second-order valence-electron chi connectivity index (χ2n) is 4.38. The van der Waals surface area contributed by atoms with Crippen LogP contribution < -0.4 is 0 Å². The smallest absolute Gasteiger partial charge is 0.228 e.